The Morgan fingerprint density at radius 1 is 0.886 bits per heavy atom. The summed E-state index contributed by atoms with van der Waals surface area (Å²) in [6, 6.07) is 20.8. The number of nitrogens with one attached hydrogen (secondary N) is 1. The van der Waals surface area contributed by atoms with Crippen LogP contribution in [0.25, 0.3) is 10.9 Å². The number of carbonyl (C=O) groups excluding carboxylic acids is 1. The van der Waals surface area contributed by atoms with Crippen LogP contribution in [0.4, 0.5) is 0 Å². The Hall–Kier alpha value is -4.28. The van der Waals surface area contributed by atoms with Crippen LogP contribution < -0.4 is 10.7 Å². The summed E-state index contributed by atoms with van der Waals surface area (Å²) in [5, 5.41) is 14.9. The van der Waals surface area contributed by atoms with Crippen molar-refractivity contribution in [1.82, 2.24) is 9.29 Å². The molecule has 0 aliphatic heterocycles. The number of aromatic nitrogens is 1. The number of pyridine rings is 1. The second-order valence-corrected chi connectivity index (χ2v) is 9.42. The van der Waals surface area contributed by atoms with Gasteiger partial charge in [0.1, 0.15) is 0 Å². The average molecular weight is 492 g/mol. The maximum atomic E-state index is 13.1. The molecule has 0 spiro atoms. The lowest BCUT2D eigenvalue weighted by atomic mass is 10.0. The van der Waals surface area contributed by atoms with Crippen molar-refractivity contribution in [1.29, 1.82) is 0 Å². The average Bonchev–Trinajstić information content (AvgIpc) is 2.82. The van der Waals surface area contributed by atoms with Crippen LogP contribution in [0.1, 0.15) is 37.4 Å². The molecule has 1 heterocycles. The normalized spacial score (nSPS) is 11.3. The number of nitrogens with zero attached hydrogens (tertiary/aromatic N) is 1. The zero-order valence-electron chi connectivity index (χ0n) is 18.3. The fourth-order valence-corrected chi connectivity index (χ4v) is 4.34. The molecular formula is C25H21N3O6S. The first-order valence-electron chi connectivity index (χ1n) is 10.5. The highest BCUT2D eigenvalue weighted by Gasteiger charge is 2.25. The molecule has 0 saturated heterocycles. The number of hydrogen-bond donors (Lipinski definition) is 3. The van der Waals surface area contributed by atoms with E-state index >= 15 is 0 Å². The highest BCUT2D eigenvalue weighted by atomic mass is 32.2. The van der Waals surface area contributed by atoms with E-state index in [-0.39, 0.29) is 29.7 Å². The lowest BCUT2D eigenvalue weighted by Gasteiger charge is -2.20. The standard InChI is InChI=1S/C25H21N3O6S/c26-35(33,34)28(15-17-4-2-1-3-5-17)24(30)19-10-11-22-20(13-19)14-21(23(29)27-22)12-16-6-8-18(9-7-16)25(31)32/h1-11,13-14H,12,15H2,(H,27,29)(H,31,32)(H2,26,33,34). The highest BCUT2D eigenvalue weighted by Crippen LogP contribution is 2.19. The van der Waals surface area contributed by atoms with Crippen LogP contribution in [0.5, 0.6) is 0 Å². The SMILES string of the molecule is NS(=O)(=O)N(Cc1ccccc1)C(=O)c1ccc2[nH]c(=O)c(Cc3ccc(C(=O)O)cc3)cc2c1. The van der Waals surface area contributed by atoms with Crippen LogP contribution in [0.2, 0.25) is 0 Å². The lowest BCUT2D eigenvalue weighted by molar-refractivity contribution is 0.0696. The lowest BCUT2D eigenvalue weighted by Crippen LogP contribution is -2.40. The monoisotopic (exact) mass is 491 g/mol. The van der Waals surface area contributed by atoms with Gasteiger partial charge in [0.05, 0.1) is 12.1 Å². The van der Waals surface area contributed by atoms with Gasteiger partial charge in [-0.3, -0.25) is 9.59 Å². The minimum Gasteiger partial charge on any atom is -0.478 e. The van der Waals surface area contributed by atoms with E-state index in [1.54, 1.807) is 48.5 Å². The van der Waals surface area contributed by atoms with Gasteiger partial charge < -0.3 is 10.1 Å². The van der Waals surface area contributed by atoms with Gasteiger partial charge in [0.15, 0.2) is 0 Å². The molecule has 9 nitrogen and oxygen atoms in total. The molecular weight excluding hydrogens is 470 g/mol. The number of carbonyl (C=O) groups is 2. The predicted molar refractivity (Wildman–Crippen MR) is 130 cm³/mol. The summed E-state index contributed by atoms with van der Waals surface area (Å²) in [5.41, 5.74) is 2.10. The fourth-order valence-electron chi connectivity index (χ4n) is 3.67. The quantitative estimate of drug-likeness (QED) is 0.362. The number of aromatic carboxylic acids is 1. The van der Waals surface area contributed by atoms with Gasteiger partial charge in [-0.15, -0.1) is 0 Å². The fraction of sp³-hybridized carbons (Fsp3) is 0.0800. The van der Waals surface area contributed by atoms with E-state index in [2.05, 4.69) is 4.98 Å². The molecule has 4 N–H and O–H groups in total. The minimum absolute atomic E-state index is 0.0891. The van der Waals surface area contributed by atoms with Gasteiger partial charge in [-0.25, -0.2) is 14.2 Å². The zero-order valence-corrected chi connectivity index (χ0v) is 19.2. The van der Waals surface area contributed by atoms with Crippen molar-refractivity contribution in [2.45, 2.75) is 13.0 Å². The number of nitrogens with two attached hydrogens (primary N) is 1. The van der Waals surface area contributed by atoms with Crippen LogP contribution in [0.3, 0.4) is 0 Å². The second kappa shape index (κ2) is 9.53. The summed E-state index contributed by atoms with van der Waals surface area (Å²) in [7, 11) is -4.34. The first-order valence-corrected chi connectivity index (χ1v) is 12.0. The first kappa shape index (κ1) is 23.9. The Kier molecular flexibility index (Phi) is 6.50. The molecule has 178 valence electrons. The number of carboxylic acid groups (broad SMARTS) is 1. The predicted octanol–water partition coefficient (Wildman–Crippen LogP) is 2.66. The van der Waals surface area contributed by atoms with Gasteiger partial charge in [0.2, 0.25) is 0 Å². The van der Waals surface area contributed by atoms with Crippen LogP contribution >= 0.6 is 0 Å². The number of aromatic amines is 1. The van der Waals surface area contributed by atoms with Crippen molar-refractivity contribution in [3.63, 3.8) is 0 Å². The Balaban J connectivity index is 1.67. The van der Waals surface area contributed by atoms with Crippen LogP contribution in [-0.2, 0) is 23.2 Å². The van der Waals surface area contributed by atoms with Gasteiger partial charge in [-0.05, 0) is 52.9 Å². The van der Waals surface area contributed by atoms with Crippen molar-refractivity contribution in [3.8, 4) is 0 Å². The van der Waals surface area contributed by atoms with E-state index in [1.165, 1.54) is 30.3 Å². The van der Waals surface area contributed by atoms with E-state index in [0.717, 1.165) is 5.56 Å². The number of hydrogen-bond acceptors (Lipinski definition) is 5. The summed E-state index contributed by atoms with van der Waals surface area (Å²) in [6.45, 7) is -0.222. The van der Waals surface area contributed by atoms with Crippen molar-refractivity contribution in [2.75, 3.05) is 0 Å². The molecule has 4 rings (SSSR count). The van der Waals surface area contributed by atoms with Crippen LogP contribution in [0.15, 0.2) is 83.7 Å². The topological polar surface area (TPSA) is 151 Å². The summed E-state index contributed by atoms with van der Waals surface area (Å²) in [4.78, 5) is 39.5. The summed E-state index contributed by atoms with van der Waals surface area (Å²) in [6.07, 6.45) is 0.237. The van der Waals surface area contributed by atoms with Crippen molar-refractivity contribution < 1.29 is 23.1 Å². The molecule has 10 heteroatoms. The van der Waals surface area contributed by atoms with Crippen molar-refractivity contribution in [2.24, 2.45) is 5.14 Å². The van der Waals surface area contributed by atoms with Gasteiger partial charge in [0.25, 0.3) is 11.5 Å². The number of amides is 1. The Morgan fingerprint density at radius 3 is 2.17 bits per heavy atom. The molecule has 0 saturated carbocycles. The van der Waals surface area contributed by atoms with E-state index in [1.807, 2.05) is 0 Å². The third-order valence-corrected chi connectivity index (χ3v) is 6.38. The molecule has 0 fully saturated rings. The van der Waals surface area contributed by atoms with Crippen molar-refractivity contribution in [3.05, 3.63) is 117 Å². The first-order chi connectivity index (χ1) is 16.6. The molecule has 0 unspecified atom stereocenters. The van der Waals surface area contributed by atoms with Gasteiger partial charge in [-0.2, -0.15) is 8.42 Å². The minimum atomic E-state index is -4.34. The molecule has 0 aliphatic carbocycles. The molecule has 3 aromatic carbocycles. The van der Waals surface area contributed by atoms with Gasteiger partial charge in [-0.1, -0.05) is 42.5 Å². The smallest absolute Gasteiger partial charge is 0.335 e. The largest absolute Gasteiger partial charge is 0.478 e. The maximum Gasteiger partial charge on any atom is 0.335 e. The third kappa shape index (κ3) is 5.45. The Labute approximate surface area is 200 Å². The van der Waals surface area contributed by atoms with Crippen molar-refractivity contribution >= 4 is 33.0 Å². The molecule has 0 aliphatic rings. The van der Waals surface area contributed by atoms with E-state index in [4.69, 9.17) is 10.2 Å². The van der Waals surface area contributed by atoms with E-state index in [9.17, 15) is 22.8 Å². The summed E-state index contributed by atoms with van der Waals surface area (Å²) < 4.78 is 25.0. The third-order valence-electron chi connectivity index (χ3n) is 5.47. The highest BCUT2D eigenvalue weighted by molar-refractivity contribution is 7.87. The zero-order chi connectivity index (χ0) is 25.2. The second-order valence-electron chi connectivity index (χ2n) is 7.95. The number of fused-ring (bicyclic) bond motifs is 1. The molecule has 0 radical (unpaired) electrons. The molecule has 0 bridgehead atoms. The van der Waals surface area contributed by atoms with E-state index in [0.29, 0.717) is 26.3 Å². The molecule has 1 aromatic heterocycles. The molecule has 4 aromatic rings. The number of carboxylic acids is 1. The summed E-state index contributed by atoms with van der Waals surface area (Å²) in [5.74, 6) is -1.84. The number of H-pyrrole nitrogens is 1. The van der Waals surface area contributed by atoms with Crippen LogP contribution in [0, 0.1) is 0 Å². The molecule has 1 amide bonds. The number of rotatable bonds is 7. The van der Waals surface area contributed by atoms with E-state index < -0.39 is 22.1 Å². The maximum absolute atomic E-state index is 13.1. The Morgan fingerprint density at radius 2 is 1.54 bits per heavy atom. The molecule has 35 heavy (non-hydrogen) atoms. The number of benzene rings is 3. The van der Waals surface area contributed by atoms with Gasteiger partial charge >= 0.3 is 16.2 Å². The molecule has 0 atom stereocenters. The Bertz CT molecular complexity index is 1580. The van der Waals surface area contributed by atoms with Crippen LogP contribution in [-0.4, -0.2) is 34.7 Å². The summed E-state index contributed by atoms with van der Waals surface area (Å²) >= 11 is 0. The van der Waals surface area contributed by atoms with Gasteiger partial charge in [0, 0.05) is 23.1 Å².